The van der Waals surface area contributed by atoms with Gasteiger partial charge in [0.1, 0.15) is 11.6 Å². The number of amides is 2. The average molecular weight is 288 g/mol. The zero-order chi connectivity index (χ0) is 15.0. The first-order chi connectivity index (χ1) is 10.1. The number of carbonyl (C=O) groups excluding carboxylic acids is 2. The van der Waals surface area contributed by atoms with Crippen LogP contribution in [0.1, 0.15) is 37.0 Å². The molecule has 0 aromatic carbocycles. The predicted octanol–water partition coefficient (Wildman–Crippen LogP) is 1.84. The molecule has 7 heteroatoms. The smallest absolute Gasteiger partial charge is 0.226 e. The largest absolute Gasteiger partial charge is 0.469 e. The minimum atomic E-state index is -0.246. The summed E-state index contributed by atoms with van der Waals surface area (Å²) in [6, 6.07) is 3.60. The lowest BCUT2D eigenvalue weighted by Gasteiger charge is -2.22. The summed E-state index contributed by atoms with van der Waals surface area (Å²) in [5, 5.41) is 9.89. The molecular weight excluding hydrogens is 272 g/mol. The van der Waals surface area contributed by atoms with Crippen LogP contribution in [0.15, 0.2) is 22.8 Å². The lowest BCUT2D eigenvalue weighted by molar-refractivity contribution is -0.117. The van der Waals surface area contributed by atoms with E-state index in [1.54, 1.807) is 31.0 Å². The van der Waals surface area contributed by atoms with Gasteiger partial charge >= 0.3 is 0 Å². The topological polar surface area (TPSA) is 89.2 Å². The first kappa shape index (κ1) is 13.4. The highest BCUT2D eigenvalue weighted by atomic mass is 16.3. The van der Waals surface area contributed by atoms with Gasteiger partial charge in [0.2, 0.25) is 11.8 Å². The third-order valence-electron chi connectivity index (χ3n) is 3.55. The Kier molecular flexibility index (Phi) is 3.25. The Morgan fingerprint density at radius 3 is 3.10 bits per heavy atom. The van der Waals surface area contributed by atoms with Crippen molar-refractivity contribution in [3.8, 4) is 0 Å². The van der Waals surface area contributed by atoms with Gasteiger partial charge in [0.25, 0.3) is 0 Å². The fourth-order valence-corrected chi connectivity index (χ4v) is 2.53. The fraction of sp³-hybridized carbons (Fsp3) is 0.357. The number of furan rings is 1. The number of hydrogen-bond donors (Lipinski definition) is 2. The minimum absolute atomic E-state index is 0.0970. The van der Waals surface area contributed by atoms with Crippen molar-refractivity contribution in [2.24, 2.45) is 7.05 Å². The van der Waals surface area contributed by atoms with Crippen molar-refractivity contribution in [3.05, 3.63) is 29.7 Å². The van der Waals surface area contributed by atoms with Crippen LogP contribution >= 0.6 is 0 Å². The van der Waals surface area contributed by atoms with Crippen LogP contribution in [0.25, 0.3) is 0 Å². The van der Waals surface area contributed by atoms with Crippen LogP contribution in [0, 0.1) is 0 Å². The number of hydrogen-bond acceptors (Lipinski definition) is 4. The molecule has 0 fully saturated rings. The maximum absolute atomic E-state index is 11.9. The van der Waals surface area contributed by atoms with E-state index in [0.29, 0.717) is 23.8 Å². The second-order valence-corrected chi connectivity index (χ2v) is 4.96. The zero-order valence-electron chi connectivity index (χ0n) is 11.8. The van der Waals surface area contributed by atoms with Gasteiger partial charge in [-0.25, -0.2) is 0 Å². The van der Waals surface area contributed by atoms with E-state index in [0.717, 1.165) is 5.56 Å². The van der Waals surface area contributed by atoms with Crippen LogP contribution in [0.5, 0.6) is 0 Å². The summed E-state index contributed by atoms with van der Waals surface area (Å²) in [6.45, 7) is 1.77. The van der Waals surface area contributed by atoms with Gasteiger partial charge in [0.15, 0.2) is 5.82 Å². The Morgan fingerprint density at radius 2 is 2.43 bits per heavy atom. The van der Waals surface area contributed by atoms with Gasteiger partial charge in [-0.15, -0.1) is 0 Å². The van der Waals surface area contributed by atoms with Crippen LogP contribution < -0.4 is 10.6 Å². The molecule has 21 heavy (non-hydrogen) atoms. The summed E-state index contributed by atoms with van der Waals surface area (Å²) >= 11 is 0. The summed E-state index contributed by atoms with van der Waals surface area (Å²) in [4.78, 5) is 23.6. The summed E-state index contributed by atoms with van der Waals surface area (Å²) in [5.74, 6) is 1.29. The molecule has 0 saturated carbocycles. The quantitative estimate of drug-likeness (QED) is 0.901. The van der Waals surface area contributed by atoms with Crippen molar-refractivity contribution in [1.82, 2.24) is 9.78 Å². The molecule has 1 aliphatic rings. The Balaban J connectivity index is 2.09. The van der Waals surface area contributed by atoms with Crippen LogP contribution in [0.3, 0.4) is 0 Å². The lowest BCUT2D eigenvalue weighted by atomic mass is 9.91. The SMILES string of the molecule is CCC(=O)Nc1nn(C)c2c1[C@H](c1ccco1)CC(=O)N2. The van der Waals surface area contributed by atoms with E-state index in [4.69, 9.17) is 4.42 Å². The third-order valence-corrected chi connectivity index (χ3v) is 3.55. The molecule has 0 saturated heterocycles. The van der Waals surface area contributed by atoms with Gasteiger partial charge in [-0.3, -0.25) is 14.3 Å². The van der Waals surface area contributed by atoms with Gasteiger partial charge in [-0.1, -0.05) is 6.92 Å². The lowest BCUT2D eigenvalue weighted by Crippen LogP contribution is -2.25. The van der Waals surface area contributed by atoms with Crippen molar-refractivity contribution in [2.45, 2.75) is 25.7 Å². The molecule has 0 spiro atoms. The van der Waals surface area contributed by atoms with E-state index in [-0.39, 0.29) is 24.2 Å². The third kappa shape index (κ3) is 2.31. The molecule has 7 nitrogen and oxygen atoms in total. The molecule has 3 heterocycles. The van der Waals surface area contributed by atoms with Crippen molar-refractivity contribution >= 4 is 23.5 Å². The number of anilines is 2. The van der Waals surface area contributed by atoms with Crippen LogP contribution in [0.4, 0.5) is 11.6 Å². The number of fused-ring (bicyclic) bond motifs is 1. The monoisotopic (exact) mass is 288 g/mol. The molecule has 0 aliphatic carbocycles. The second-order valence-electron chi connectivity index (χ2n) is 4.96. The highest BCUT2D eigenvalue weighted by Crippen LogP contribution is 2.41. The van der Waals surface area contributed by atoms with Gasteiger partial charge in [-0.05, 0) is 12.1 Å². The van der Waals surface area contributed by atoms with Crippen molar-refractivity contribution < 1.29 is 14.0 Å². The van der Waals surface area contributed by atoms with E-state index in [2.05, 4.69) is 15.7 Å². The molecule has 3 rings (SSSR count). The van der Waals surface area contributed by atoms with Crippen LogP contribution in [0.2, 0.25) is 0 Å². The molecule has 1 atom stereocenters. The number of nitrogens with zero attached hydrogens (tertiary/aromatic N) is 2. The molecule has 2 aromatic rings. The number of aromatic nitrogens is 2. The molecule has 0 unspecified atom stereocenters. The molecule has 2 N–H and O–H groups in total. The highest BCUT2D eigenvalue weighted by molar-refractivity contribution is 5.98. The van der Waals surface area contributed by atoms with Crippen molar-refractivity contribution in [2.75, 3.05) is 10.6 Å². The Hall–Kier alpha value is -2.57. The van der Waals surface area contributed by atoms with Gasteiger partial charge < -0.3 is 15.1 Å². The van der Waals surface area contributed by atoms with Crippen LogP contribution in [-0.2, 0) is 16.6 Å². The second kappa shape index (κ2) is 5.08. The number of nitrogens with one attached hydrogen (secondary N) is 2. The number of rotatable bonds is 3. The Bertz CT molecular complexity index is 687. The van der Waals surface area contributed by atoms with Gasteiger partial charge in [0.05, 0.1) is 17.7 Å². The maximum atomic E-state index is 11.9. The standard InChI is InChI=1S/C14H16N4O3/c1-3-10(19)15-13-12-8(9-5-4-6-21-9)7-11(20)16-14(12)18(2)17-13/h4-6,8H,3,7H2,1-2H3,(H,16,20)(H,15,17,19)/t8-/m0/s1. The summed E-state index contributed by atoms with van der Waals surface area (Å²) in [6.07, 6.45) is 2.20. The maximum Gasteiger partial charge on any atom is 0.226 e. The molecular formula is C14H16N4O3. The molecule has 0 bridgehead atoms. The van der Waals surface area contributed by atoms with Crippen molar-refractivity contribution in [3.63, 3.8) is 0 Å². The summed E-state index contributed by atoms with van der Waals surface area (Å²) < 4.78 is 7.01. The van der Waals surface area contributed by atoms with Crippen molar-refractivity contribution in [1.29, 1.82) is 0 Å². The molecule has 2 amide bonds. The fourth-order valence-electron chi connectivity index (χ4n) is 2.53. The Labute approximate surface area is 121 Å². The van der Waals surface area contributed by atoms with E-state index in [1.807, 2.05) is 6.07 Å². The van der Waals surface area contributed by atoms with Gasteiger partial charge in [-0.2, -0.15) is 5.10 Å². The van der Waals surface area contributed by atoms with E-state index in [1.165, 1.54) is 0 Å². The average Bonchev–Trinajstić information content (AvgIpc) is 3.08. The Morgan fingerprint density at radius 1 is 1.62 bits per heavy atom. The highest BCUT2D eigenvalue weighted by Gasteiger charge is 2.34. The zero-order valence-corrected chi connectivity index (χ0v) is 11.8. The van der Waals surface area contributed by atoms with E-state index >= 15 is 0 Å². The molecule has 110 valence electrons. The number of aryl methyl sites for hydroxylation is 1. The summed E-state index contributed by atoms with van der Waals surface area (Å²) in [7, 11) is 1.73. The number of carbonyl (C=O) groups is 2. The van der Waals surface area contributed by atoms with Gasteiger partial charge in [0, 0.05) is 19.9 Å². The summed E-state index contributed by atoms with van der Waals surface area (Å²) in [5.41, 5.74) is 0.786. The van der Waals surface area contributed by atoms with Crippen LogP contribution in [-0.4, -0.2) is 21.6 Å². The first-order valence-electron chi connectivity index (χ1n) is 6.80. The minimum Gasteiger partial charge on any atom is -0.469 e. The molecule has 0 radical (unpaired) electrons. The normalized spacial score (nSPS) is 17.2. The molecule has 1 aliphatic heterocycles. The van der Waals surface area contributed by atoms with E-state index < -0.39 is 0 Å². The first-order valence-corrected chi connectivity index (χ1v) is 6.80. The predicted molar refractivity (Wildman–Crippen MR) is 75.9 cm³/mol. The van der Waals surface area contributed by atoms with E-state index in [9.17, 15) is 9.59 Å². The molecule has 2 aromatic heterocycles.